The Balaban J connectivity index is 1.69. The van der Waals surface area contributed by atoms with Gasteiger partial charge in [0.1, 0.15) is 4.91 Å². The number of H-pyrrole nitrogens is 1. The van der Waals surface area contributed by atoms with Crippen molar-refractivity contribution in [1.82, 2.24) is 9.97 Å². The summed E-state index contributed by atoms with van der Waals surface area (Å²) in [6.45, 7) is 0.161. The Bertz CT molecular complexity index is 982. The number of rotatable bonds is 4. The summed E-state index contributed by atoms with van der Waals surface area (Å²) in [5.74, 6) is 0.189. The molecule has 0 atom stereocenters. The fourth-order valence-electron chi connectivity index (χ4n) is 2.40. The lowest BCUT2D eigenvalue weighted by Gasteiger charge is -2.04. The van der Waals surface area contributed by atoms with E-state index in [0.29, 0.717) is 22.2 Å². The second-order valence-corrected chi connectivity index (χ2v) is 7.09. The van der Waals surface area contributed by atoms with Crippen LogP contribution in [-0.4, -0.2) is 27.8 Å². The maximum atomic E-state index is 11.7. The Kier molecular flexibility index (Phi) is 4.14. The number of aromatic nitrogens is 2. The van der Waals surface area contributed by atoms with Gasteiger partial charge in [-0.15, -0.1) is 0 Å². The van der Waals surface area contributed by atoms with Crippen molar-refractivity contribution in [2.45, 2.75) is 5.16 Å². The number of para-hydroxylation sites is 2. The molecule has 0 unspecified atom stereocenters. The summed E-state index contributed by atoms with van der Waals surface area (Å²) in [6.07, 6.45) is 1.58. The fraction of sp³-hybridized carbons (Fsp3) is 0.0588. The lowest BCUT2D eigenvalue weighted by molar-refractivity contribution is -0.131. The number of nitrogens with zero attached hydrogens (tertiary/aromatic N) is 1. The Morgan fingerprint density at radius 3 is 2.80 bits per heavy atom. The van der Waals surface area contributed by atoms with Crippen LogP contribution in [0.5, 0.6) is 11.5 Å². The maximum Gasteiger partial charge on any atom is 0.342 e. The van der Waals surface area contributed by atoms with Crippen molar-refractivity contribution in [1.29, 1.82) is 0 Å². The van der Waals surface area contributed by atoms with E-state index in [1.807, 2.05) is 24.3 Å². The van der Waals surface area contributed by atoms with Crippen LogP contribution in [-0.2, 0) is 4.79 Å². The molecule has 2 heterocycles. The van der Waals surface area contributed by atoms with Crippen LogP contribution in [0.25, 0.3) is 17.1 Å². The van der Waals surface area contributed by atoms with Crippen LogP contribution in [0.2, 0.25) is 0 Å². The smallest absolute Gasteiger partial charge is 0.342 e. The third-order valence-electron chi connectivity index (χ3n) is 3.56. The van der Waals surface area contributed by atoms with Gasteiger partial charge < -0.3 is 19.6 Å². The number of carboxylic acid groups (broad SMARTS) is 1. The van der Waals surface area contributed by atoms with Gasteiger partial charge in [-0.05, 0) is 47.7 Å². The van der Waals surface area contributed by atoms with Gasteiger partial charge in [-0.3, -0.25) is 0 Å². The van der Waals surface area contributed by atoms with E-state index in [1.165, 1.54) is 0 Å². The van der Waals surface area contributed by atoms with Gasteiger partial charge in [0, 0.05) is 4.47 Å². The lowest BCUT2D eigenvalue weighted by atomic mass is 10.2. The second-order valence-electron chi connectivity index (χ2n) is 5.20. The van der Waals surface area contributed by atoms with E-state index in [9.17, 15) is 9.90 Å². The van der Waals surface area contributed by atoms with Gasteiger partial charge in [-0.25, -0.2) is 9.78 Å². The summed E-state index contributed by atoms with van der Waals surface area (Å²) in [7, 11) is 0. The number of ether oxygens (including phenoxy) is 2. The third-order valence-corrected chi connectivity index (χ3v) is 5.15. The van der Waals surface area contributed by atoms with Crippen LogP contribution in [0.1, 0.15) is 5.56 Å². The zero-order valence-corrected chi connectivity index (χ0v) is 15.1. The molecule has 0 saturated heterocycles. The number of carboxylic acids is 1. The number of halogens is 1. The number of hydrogen-bond donors (Lipinski definition) is 2. The molecule has 2 aromatic carbocycles. The van der Waals surface area contributed by atoms with E-state index in [4.69, 9.17) is 9.47 Å². The molecule has 1 aromatic heterocycles. The highest BCUT2D eigenvalue weighted by Gasteiger charge is 2.18. The van der Waals surface area contributed by atoms with Crippen LogP contribution in [0.4, 0.5) is 0 Å². The van der Waals surface area contributed by atoms with Crippen molar-refractivity contribution in [3.63, 3.8) is 0 Å². The van der Waals surface area contributed by atoms with Gasteiger partial charge in [-0.2, -0.15) is 0 Å². The van der Waals surface area contributed by atoms with E-state index >= 15 is 0 Å². The molecule has 4 rings (SSSR count). The topological polar surface area (TPSA) is 84.4 Å². The summed E-state index contributed by atoms with van der Waals surface area (Å²) in [4.78, 5) is 19.3. The summed E-state index contributed by atoms with van der Waals surface area (Å²) in [5.41, 5.74) is 2.34. The molecule has 2 N–H and O–H groups in total. The second kappa shape index (κ2) is 6.45. The number of thioether (sulfide) groups is 1. The molecule has 0 spiro atoms. The number of aromatic amines is 1. The molecule has 0 amide bonds. The number of benzene rings is 2. The van der Waals surface area contributed by atoms with E-state index in [0.717, 1.165) is 27.3 Å². The molecule has 3 aromatic rings. The number of carbonyl (C=O) groups is 1. The highest BCUT2D eigenvalue weighted by Crippen LogP contribution is 2.38. The first kappa shape index (κ1) is 16.0. The standard InChI is InChI=1S/C17H11BrN2O4S/c18-10-7-14-13(23-8-24-14)5-9(10)6-15(16(21)22)25-17-19-11-3-1-2-4-12(11)20-17/h1-7H,8H2,(H,19,20)(H,21,22)/b15-6-. The molecule has 6 nitrogen and oxygen atoms in total. The van der Waals surface area contributed by atoms with Crippen molar-refractivity contribution >= 4 is 50.8 Å². The first-order valence-electron chi connectivity index (χ1n) is 7.27. The van der Waals surface area contributed by atoms with Gasteiger partial charge in [0.05, 0.1) is 11.0 Å². The Hall–Kier alpha value is -2.45. The summed E-state index contributed by atoms with van der Waals surface area (Å²) < 4.78 is 11.4. The van der Waals surface area contributed by atoms with Crippen LogP contribution in [0.15, 0.2) is 50.9 Å². The largest absolute Gasteiger partial charge is 0.477 e. The molecule has 0 radical (unpaired) electrons. The highest BCUT2D eigenvalue weighted by molar-refractivity contribution is 9.10. The van der Waals surface area contributed by atoms with E-state index in [-0.39, 0.29) is 11.7 Å². The van der Waals surface area contributed by atoms with E-state index < -0.39 is 5.97 Å². The molecule has 0 saturated carbocycles. The molecule has 1 aliphatic heterocycles. The van der Waals surface area contributed by atoms with Crippen LogP contribution >= 0.6 is 27.7 Å². The summed E-state index contributed by atoms with van der Waals surface area (Å²) in [6, 6.07) is 11.1. The zero-order chi connectivity index (χ0) is 17.4. The third kappa shape index (κ3) is 3.22. The first-order valence-corrected chi connectivity index (χ1v) is 8.88. The lowest BCUT2D eigenvalue weighted by Crippen LogP contribution is -1.97. The molecule has 0 fully saturated rings. The molecule has 8 heteroatoms. The van der Waals surface area contributed by atoms with Gasteiger partial charge in [-0.1, -0.05) is 28.1 Å². The minimum absolute atomic E-state index is 0.138. The van der Waals surface area contributed by atoms with Gasteiger partial charge >= 0.3 is 5.97 Å². The minimum Gasteiger partial charge on any atom is -0.477 e. The minimum atomic E-state index is -1.03. The van der Waals surface area contributed by atoms with Crippen molar-refractivity contribution < 1.29 is 19.4 Å². The Labute approximate surface area is 155 Å². The first-order chi connectivity index (χ1) is 12.1. The number of aliphatic carboxylic acids is 1. The number of hydrogen-bond acceptors (Lipinski definition) is 5. The SMILES string of the molecule is O=C(O)/C(=C/c1cc2c(cc1Br)OCO2)Sc1nc2ccccc2[nH]1. The number of fused-ring (bicyclic) bond motifs is 2. The fourth-order valence-corrected chi connectivity index (χ4v) is 3.62. The van der Waals surface area contributed by atoms with Crippen LogP contribution in [0, 0.1) is 0 Å². The molecule has 0 bridgehead atoms. The van der Waals surface area contributed by atoms with Gasteiger partial charge in [0.25, 0.3) is 0 Å². The van der Waals surface area contributed by atoms with Gasteiger partial charge in [0.15, 0.2) is 16.7 Å². The van der Waals surface area contributed by atoms with Crippen LogP contribution in [0.3, 0.4) is 0 Å². The number of imidazole rings is 1. The average Bonchev–Trinajstić information content (AvgIpc) is 3.19. The summed E-state index contributed by atoms with van der Waals surface area (Å²) >= 11 is 4.50. The normalized spacial score (nSPS) is 13.4. The predicted molar refractivity (Wildman–Crippen MR) is 97.8 cm³/mol. The van der Waals surface area contributed by atoms with Gasteiger partial charge in [0.2, 0.25) is 6.79 Å². The van der Waals surface area contributed by atoms with Crippen molar-refractivity contribution in [2.75, 3.05) is 6.79 Å². The molecule has 1 aliphatic rings. The highest BCUT2D eigenvalue weighted by atomic mass is 79.9. The Morgan fingerprint density at radius 2 is 2.04 bits per heavy atom. The van der Waals surface area contributed by atoms with E-state index in [1.54, 1.807) is 18.2 Å². The van der Waals surface area contributed by atoms with E-state index in [2.05, 4.69) is 25.9 Å². The van der Waals surface area contributed by atoms with Crippen LogP contribution < -0.4 is 9.47 Å². The molecular formula is C17H11BrN2O4S. The quantitative estimate of drug-likeness (QED) is 0.486. The molecular weight excluding hydrogens is 408 g/mol. The molecule has 0 aliphatic carbocycles. The van der Waals surface area contributed by atoms with Crippen molar-refractivity contribution in [3.8, 4) is 11.5 Å². The summed E-state index contributed by atoms with van der Waals surface area (Å²) in [5, 5.41) is 10.1. The number of nitrogens with one attached hydrogen (secondary N) is 1. The zero-order valence-electron chi connectivity index (χ0n) is 12.7. The predicted octanol–water partition coefficient (Wildman–Crippen LogP) is 4.27. The average molecular weight is 419 g/mol. The monoisotopic (exact) mass is 418 g/mol. The van der Waals surface area contributed by atoms with Crippen molar-refractivity contribution in [3.05, 3.63) is 51.3 Å². The molecule has 126 valence electrons. The Morgan fingerprint density at radius 1 is 1.28 bits per heavy atom. The molecule has 25 heavy (non-hydrogen) atoms. The maximum absolute atomic E-state index is 11.7. The van der Waals surface area contributed by atoms with Crippen molar-refractivity contribution in [2.24, 2.45) is 0 Å².